The predicted molar refractivity (Wildman–Crippen MR) is 114 cm³/mol. The minimum Gasteiger partial charge on any atom is -0.376 e. The van der Waals surface area contributed by atoms with Gasteiger partial charge in [0.25, 0.3) is 0 Å². The molecule has 1 saturated heterocycles. The Morgan fingerprint density at radius 1 is 1.31 bits per heavy atom. The van der Waals surface area contributed by atoms with Crippen molar-refractivity contribution in [3.05, 3.63) is 47.7 Å². The van der Waals surface area contributed by atoms with E-state index in [4.69, 9.17) is 9.73 Å². The van der Waals surface area contributed by atoms with Crippen LogP contribution in [0.2, 0.25) is 0 Å². The van der Waals surface area contributed by atoms with E-state index in [9.17, 15) is 0 Å². The van der Waals surface area contributed by atoms with Crippen molar-refractivity contribution in [2.45, 2.75) is 38.8 Å². The molecule has 0 aliphatic carbocycles. The Kier molecular flexibility index (Phi) is 6.09. The topological polar surface area (TPSA) is 92.2 Å². The summed E-state index contributed by atoms with van der Waals surface area (Å²) in [4.78, 5) is 8.05. The molecule has 3 N–H and O–H groups in total. The summed E-state index contributed by atoms with van der Waals surface area (Å²) in [5.74, 6) is 2.51. The fourth-order valence-corrected chi connectivity index (χ4v) is 3.58. The molecule has 1 atom stereocenters. The molecular weight excluding hydrogens is 366 g/mol. The first-order chi connectivity index (χ1) is 14.2. The molecule has 3 heterocycles. The summed E-state index contributed by atoms with van der Waals surface area (Å²) in [6.45, 7) is 4.82. The second-order valence-corrected chi connectivity index (χ2v) is 7.44. The monoisotopic (exact) mass is 395 g/mol. The molecule has 1 aliphatic heterocycles. The lowest BCUT2D eigenvalue weighted by atomic mass is 10.1. The summed E-state index contributed by atoms with van der Waals surface area (Å²) in [5, 5.41) is 16.5. The molecule has 3 aromatic rings. The summed E-state index contributed by atoms with van der Waals surface area (Å²) in [5.41, 5.74) is 2.47. The highest BCUT2D eigenvalue weighted by molar-refractivity contribution is 5.83. The molecule has 8 heteroatoms. The minimum absolute atomic E-state index is 0.257. The van der Waals surface area contributed by atoms with Gasteiger partial charge in [0.15, 0.2) is 11.8 Å². The Hall–Kier alpha value is -2.87. The van der Waals surface area contributed by atoms with Crippen LogP contribution in [0.25, 0.3) is 10.9 Å². The Balaban J connectivity index is 1.38. The van der Waals surface area contributed by atoms with E-state index in [0.29, 0.717) is 6.54 Å². The number of aryl methyl sites for hydroxylation is 1. The molecule has 1 unspecified atom stereocenters. The molecule has 0 amide bonds. The van der Waals surface area contributed by atoms with Gasteiger partial charge in [-0.3, -0.25) is 0 Å². The maximum Gasteiger partial charge on any atom is 0.191 e. The molecule has 29 heavy (non-hydrogen) atoms. The van der Waals surface area contributed by atoms with Crippen LogP contribution in [0.1, 0.15) is 30.1 Å². The van der Waals surface area contributed by atoms with E-state index < -0.39 is 0 Å². The number of para-hydroxylation sites is 1. The molecule has 0 bridgehead atoms. The van der Waals surface area contributed by atoms with Crippen molar-refractivity contribution >= 4 is 16.9 Å². The van der Waals surface area contributed by atoms with E-state index in [-0.39, 0.29) is 6.10 Å². The molecule has 154 valence electrons. The average Bonchev–Trinajstić information content (AvgIpc) is 3.47. The highest BCUT2D eigenvalue weighted by Gasteiger charge is 2.16. The van der Waals surface area contributed by atoms with Gasteiger partial charge in [0.05, 0.1) is 6.10 Å². The summed E-state index contributed by atoms with van der Waals surface area (Å²) in [6.07, 6.45) is 5.48. The fourth-order valence-electron chi connectivity index (χ4n) is 3.58. The summed E-state index contributed by atoms with van der Waals surface area (Å²) >= 11 is 0. The number of hydrogen-bond acceptors (Lipinski definition) is 4. The van der Waals surface area contributed by atoms with Gasteiger partial charge in [0.2, 0.25) is 0 Å². The largest absolute Gasteiger partial charge is 0.376 e. The third-order valence-corrected chi connectivity index (χ3v) is 5.44. The Labute approximate surface area is 170 Å². The number of ether oxygens (including phenoxy) is 1. The zero-order valence-corrected chi connectivity index (χ0v) is 17.1. The van der Waals surface area contributed by atoms with Crippen molar-refractivity contribution in [1.29, 1.82) is 0 Å². The number of guanidine groups is 1. The number of nitrogens with zero attached hydrogens (tertiary/aromatic N) is 4. The van der Waals surface area contributed by atoms with Gasteiger partial charge in [-0.15, -0.1) is 10.2 Å². The van der Waals surface area contributed by atoms with E-state index in [0.717, 1.165) is 56.6 Å². The second-order valence-electron chi connectivity index (χ2n) is 7.44. The zero-order chi connectivity index (χ0) is 20.1. The molecule has 1 aliphatic rings. The maximum atomic E-state index is 5.72. The Bertz CT molecular complexity index is 968. The van der Waals surface area contributed by atoms with Crippen LogP contribution in [0.5, 0.6) is 0 Å². The van der Waals surface area contributed by atoms with Gasteiger partial charge in [-0.1, -0.05) is 18.2 Å². The second kappa shape index (κ2) is 9.09. The number of benzene rings is 1. The van der Waals surface area contributed by atoms with E-state index in [1.807, 2.05) is 18.5 Å². The van der Waals surface area contributed by atoms with Gasteiger partial charge in [-0.25, -0.2) is 4.99 Å². The fraction of sp³-hybridized carbons (Fsp3) is 0.476. The molecule has 1 aromatic carbocycles. The van der Waals surface area contributed by atoms with Crippen LogP contribution in [0.3, 0.4) is 0 Å². The number of aliphatic imine (C=N–C) groups is 1. The lowest BCUT2D eigenvalue weighted by molar-refractivity contribution is 0.114. The lowest BCUT2D eigenvalue weighted by Gasteiger charge is -2.15. The molecular formula is C21H29N7O. The third-order valence-electron chi connectivity index (χ3n) is 5.44. The normalized spacial score (nSPS) is 17.2. The summed E-state index contributed by atoms with van der Waals surface area (Å²) in [6, 6.07) is 8.38. The highest BCUT2D eigenvalue weighted by atomic mass is 16.5. The summed E-state index contributed by atoms with van der Waals surface area (Å²) in [7, 11) is 1.96. The number of fused-ring (bicyclic) bond motifs is 1. The van der Waals surface area contributed by atoms with Crippen molar-refractivity contribution in [3.8, 4) is 0 Å². The van der Waals surface area contributed by atoms with E-state index >= 15 is 0 Å². The van der Waals surface area contributed by atoms with Crippen LogP contribution < -0.4 is 10.6 Å². The number of hydrogen-bond donors (Lipinski definition) is 3. The molecule has 0 saturated carbocycles. The van der Waals surface area contributed by atoms with Crippen molar-refractivity contribution < 1.29 is 4.74 Å². The number of aromatic amines is 1. The SMILES string of the molecule is Cc1nnc(CN=C(NCCc2c[nH]c3ccccc23)NCC2CCCO2)n1C. The van der Waals surface area contributed by atoms with Gasteiger partial charge in [-0.2, -0.15) is 0 Å². The van der Waals surface area contributed by atoms with E-state index in [1.165, 1.54) is 16.5 Å². The lowest BCUT2D eigenvalue weighted by Crippen LogP contribution is -2.42. The highest BCUT2D eigenvalue weighted by Crippen LogP contribution is 2.17. The first kappa shape index (κ1) is 19.4. The van der Waals surface area contributed by atoms with Gasteiger partial charge in [-0.05, 0) is 37.8 Å². The first-order valence-electron chi connectivity index (χ1n) is 10.2. The van der Waals surface area contributed by atoms with Crippen molar-refractivity contribution in [2.24, 2.45) is 12.0 Å². The van der Waals surface area contributed by atoms with Crippen LogP contribution in [0, 0.1) is 6.92 Å². The number of H-pyrrole nitrogens is 1. The molecule has 0 radical (unpaired) electrons. The molecule has 0 spiro atoms. The quantitative estimate of drug-likeness (QED) is 0.421. The Morgan fingerprint density at radius 3 is 3.00 bits per heavy atom. The minimum atomic E-state index is 0.257. The van der Waals surface area contributed by atoms with Gasteiger partial charge >= 0.3 is 0 Å². The number of rotatable bonds is 7. The average molecular weight is 396 g/mol. The van der Waals surface area contributed by atoms with E-state index in [2.05, 4.69) is 56.3 Å². The van der Waals surface area contributed by atoms with E-state index in [1.54, 1.807) is 0 Å². The van der Waals surface area contributed by atoms with Crippen LogP contribution in [-0.4, -0.2) is 51.5 Å². The molecule has 4 rings (SSSR count). The smallest absolute Gasteiger partial charge is 0.191 e. The number of nitrogens with one attached hydrogen (secondary N) is 3. The van der Waals surface area contributed by atoms with Crippen LogP contribution in [-0.2, 0) is 24.8 Å². The first-order valence-corrected chi connectivity index (χ1v) is 10.2. The zero-order valence-electron chi connectivity index (χ0n) is 17.1. The third kappa shape index (κ3) is 4.76. The van der Waals surface area contributed by atoms with Crippen LogP contribution in [0.15, 0.2) is 35.5 Å². The number of aromatic nitrogens is 4. The van der Waals surface area contributed by atoms with Gasteiger partial charge < -0.3 is 24.9 Å². The maximum absolute atomic E-state index is 5.72. The molecule has 2 aromatic heterocycles. The Morgan fingerprint density at radius 2 is 2.21 bits per heavy atom. The molecule has 8 nitrogen and oxygen atoms in total. The standard InChI is InChI=1S/C21H29N7O/c1-15-26-27-20(28(15)2)14-25-21(24-13-17-6-5-11-29-17)22-10-9-16-12-23-19-8-4-3-7-18(16)19/h3-4,7-8,12,17,23H,5-6,9-11,13-14H2,1-2H3,(H2,22,24,25). The van der Waals surface area contributed by atoms with Crippen molar-refractivity contribution in [3.63, 3.8) is 0 Å². The summed E-state index contributed by atoms with van der Waals surface area (Å²) < 4.78 is 7.69. The van der Waals surface area contributed by atoms with Gasteiger partial charge in [0.1, 0.15) is 12.4 Å². The van der Waals surface area contributed by atoms with Crippen molar-refractivity contribution in [1.82, 2.24) is 30.4 Å². The van der Waals surface area contributed by atoms with Crippen LogP contribution >= 0.6 is 0 Å². The predicted octanol–water partition coefficient (Wildman–Crippen LogP) is 2.06. The van der Waals surface area contributed by atoms with Gasteiger partial charge in [0, 0.05) is 43.8 Å². The van der Waals surface area contributed by atoms with Crippen molar-refractivity contribution in [2.75, 3.05) is 19.7 Å². The molecule has 1 fully saturated rings. The van der Waals surface area contributed by atoms with Crippen LogP contribution in [0.4, 0.5) is 0 Å².